The number of aromatic nitrogens is 4. The Balaban J connectivity index is 1.53. The number of amides is 1. The van der Waals surface area contributed by atoms with Crippen molar-refractivity contribution in [3.05, 3.63) is 53.1 Å². The van der Waals surface area contributed by atoms with Gasteiger partial charge in [-0.25, -0.2) is 14.3 Å². The fraction of sp³-hybridized carbons (Fsp3) is 0.350. The predicted molar refractivity (Wildman–Crippen MR) is 102 cm³/mol. The minimum Gasteiger partial charge on any atom is -0.447 e. The van der Waals surface area contributed by atoms with Crippen LogP contribution in [0.15, 0.2) is 30.3 Å². The number of benzene rings is 1. The van der Waals surface area contributed by atoms with Gasteiger partial charge in [0.05, 0.1) is 0 Å². The molecule has 3 aromatic rings. The highest BCUT2D eigenvalue weighted by atomic mass is 16.5. The van der Waals surface area contributed by atoms with Crippen molar-refractivity contribution in [2.75, 3.05) is 4.90 Å². The lowest BCUT2D eigenvalue weighted by molar-refractivity contribution is -0.126. The molecule has 1 aliphatic rings. The molecule has 144 valence electrons. The molecule has 0 spiro atoms. The highest BCUT2D eigenvalue weighted by molar-refractivity contribution is 6.00. The Morgan fingerprint density at radius 3 is 2.75 bits per heavy atom. The first-order valence-electron chi connectivity index (χ1n) is 9.18. The number of aryl methyl sites for hydroxylation is 2. The van der Waals surface area contributed by atoms with Gasteiger partial charge in [-0.05, 0) is 51.8 Å². The zero-order valence-electron chi connectivity index (χ0n) is 16.2. The second kappa shape index (κ2) is 6.70. The third-order valence-electron chi connectivity index (χ3n) is 4.88. The predicted octanol–water partition coefficient (Wildman–Crippen LogP) is 2.26. The van der Waals surface area contributed by atoms with Crippen LogP contribution in [-0.4, -0.2) is 43.6 Å². The molecule has 0 unspecified atom stereocenters. The first-order chi connectivity index (χ1) is 13.3. The maximum absolute atomic E-state index is 12.9. The van der Waals surface area contributed by atoms with Crippen molar-refractivity contribution in [1.82, 2.24) is 19.6 Å². The van der Waals surface area contributed by atoms with Gasteiger partial charge in [0, 0.05) is 23.1 Å². The van der Waals surface area contributed by atoms with Crippen LogP contribution in [0.5, 0.6) is 0 Å². The van der Waals surface area contributed by atoms with Gasteiger partial charge < -0.3 is 9.64 Å². The molecule has 0 aliphatic carbocycles. The Morgan fingerprint density at radius 2 is 1.96 bits per heavy atom. The number of fused-ring (bicyclic) bond motifs is 2. The van der Waals surface area contributed by atoms with Gasteiger partial charge in [-0.15, -0.1) is 5.10 Å². The smallest absolute Gasteiger partial charge is 0.379 e. The minimum absolute atomic E-state index is 0.00851. The number of hydrogen-bond acceptors (Lipinski definition) is 6. The largest absolute Gasteiger partial charge is 0.447 e. The summed E-state index contributed by atoms with van der Waals surface area (Å²) >= 11 is 0. The van der Waals surface area contributed by atoms with Gasteiger partial charge in [-0.3, -0.25) is 4.79 Å². The van der Waals surface area contributed by atoms with Crippen molar-refractivity contribution in [2.24, 2.45) is 0 Å². The lowest BCUT2D eigenvalue weighted by Crippen LogP contribution is -2.43. The average molecular weight is 379 g/mol. The molecule has 28 heavy (non-hydrogen) atoms. The summed E-state index contributed by atoms with van der Waals surface area (Å²) in [5.74, 6) is -0.801. The van der Waals surface area contributed by atoms with Crippen LogP contribution in [0.2, 0.25) is 0 Å². The molecule has 1 amide bonds. The molecular formula is C20H21N5O3. The number of para-hydroxylation sites is 1. The Morgan fingerprint density at radius 1 is 1.21 bits per heavy atom. The highest BCUT2D eigenvalue weighted by Crippen LogP contribution is 2.32. The van der Waals surface area contributed by atoms with Crippen molar-refractivity contribution in [2.45, 2.75) is 46.3 Å². The molecular weight excluding hydrogens is 358 g/mol. The quantitative estimate of drug-likeness (QED) is 0.649. The molecule has 0 radical (unpaired) electrons. The second-order valence-corrected chi connectivity index (χ2v) is 7.12. The summed E-state index contributed by atoms with van der Waals surface area (Å²) in [4.78, 5) is 35.5. The van der Waals surface area contributed by atoms with E-state index < -0.39 is 12.1 Å². The Hall–Kier alpha value is -3.29. The summed E-state index contributed by atoms with van der Waals surface area (Å²) in [6.45, 7) is 7.24. The van der Waals surface area contributed by atoms with Gasteiger partial charge in [0.2, 0.25) is 0 Å². The number of esters is 1. The van der Waals surface area contributed by atoms with E-state index >= 15 is 0 Å². The van der Waals surface area contributed by atoms with E-state index in [-0.39, 0.29) is 17.8 Å². The van der Waals surface area contributed by atoms with E-state index in [1.165, 1.54) is 4.52 Å². The van der Waals surface area contributed by atoms with Crippen LogP contribution in [0, 0.1) is 13.8 Å². The van der Waals surface area contributed by atoms with Crippen LogP contribution in [0.3, 0.4) is 0 Å². The monoisotopic (exact) mass is 379 g/mol. The van der Waals surface area contributed by atoms with Gasteiger partial charge in [-0.1, -0.05) is 18.2 Å². The lowest BCUT2D eigenvalue weighted by atomic mass is 10.1. The molecule has 2 aromatic heterocycles. The summed E-state index contributed by atoms with van der Waals surface area (Å²) < 4.78 is 6.86. The summed E-state index contributed by atoms with van der Waals surface area (Å²) in [6.07, 6.45) is -0.176. The molecule has 8 nitrogen and oxygen atoms in total. The van der Waals surface area contributed by atoms with Gasteiger partial charge >= 0.3 is 5.97 Å². The van der Waals surface area contributed by atoms with E-state index in [2.05, 4.69) is 15.1 Å². The summed E-state index contributed by atoms with van der Waals surface area (Å²) in [5.41, 5.74) is 3.56. The Kier molecular flexibility index (Phi) is 4.33. The molecule has 1 aliphatic heterocycles. The van der Waals surface area contributed by atoms with E-state index in [1.807, 2.05) is 51.1 Å². The zero-order chi connectivity index (χ0) is 20.0. The van der Waals surface area contributed by atoms with Gasteiger partial charge in [0.15, 0.2) is 6.10 Å². The number of rotatable bonds is 3. The van der Waals surface area contributed by atoms with Crippen LogP contribution >= 0.6 is 0 Å². The molecule has 0 saturated carbocycles. The first-order valence-corrected chi connectivity index (χ1v) is 9.18. The number of nitrogens with zero attached hydrogens (tertiary/aromatic N) is 5. The molecule has 0 saturated heterocycles. The Labute approximate surface area is 162 Å². The van der Waals surface area contributed by atoms with Crippen LogP contribution in [-0.2, 0) is 16.0 Å². The summed E-state index contributed by atoms with van der Waals surface area (Å²) in [6, 6.07) is 9.62. The molecule has 8 heteroatoms. The standard InChI is InChI=1S/C20H21N5O3/c1-11-9-13(3)25-20(21-11)22-17(23-25)19(27)28-14(4)18(26)24-12(2)10-15-7-5-6-8-16(15)24/h5-9,12,14H,10H2,1-4H3/t12-,14+/m0/s1. The normalized spacial score (nSPS) is 16.9. The fourth-order valence-corrected chi connectivity index (χ4v) is 3.61. The van der Waals surface area contributed by atoms with Crippen LogP contribution in [0.25, 0.3) is 5.78 Å². The van der Waals surface area contributed by atoms with Crippen LogP contribution in [0.1, 0.15) is 41.4 Å². The highest BCUT2D eigenvalue weighted by Gasteiger charge is 2.35. The van der Waals surface area contributed by atoms with E-state index in [9.17, 15) is 9.59 Å². The van der Waals surface area contributed by atoms with Gasteiger partial charge in [0.1, 0.15) is 0 Å². The van der Waals surface area contributed by atoms with Crippen molar-refractivity contribution in [3.63, 3.8) is 0 Å². The molecule has 0 fully saturated rings. The van der Waals surface area contributed by atoms with Crippen molar-refractivity contribution < 1.29 is 14.3 Å². The second-order valence-electron chi connectivity index (χ2n) is 7.12. The van der Waals surface area contributed by atoms with E-state index in [4.69, 9.17) is 4.74 Å². The summed E-state index contributed by atoms with van der Waals surface area (Å²) in [5, 5.41) is 4.16. The topological polar surface area (TPSA) is 89.7 Å². The minimum atomic E-state index is -0.955. The number of carbonyl (C=O) groups excluding carboxylic acids is 2. The molecule has 3 heterocycles. The van der Waals surface area contributed by atoms with Gasteiger partial charge in [-0.2, -0.15) is 4.98 Å². The van der Waals surface area contributed by atoms with Crippen molar-refractivity contribution in [3.8, 4) is 0 Å². The average Bonchev–Trinajstić information content (AvgIpc) is 3.21. The van der Waals surface area contributed by atoms with Crippen molar-refractivity contribution >= 4 is 23.3 Å². The SMILES string of the molecule is Cc1cc(C)n2nc(C(=O)O[C@H](C)C(=O)N3c4ccccc4C[C@@H]3C)nc2n1. The molecule has 2 atom stereocenters. The maximum atomic E-state index is 12.9. The number of anilines is 1. The molecule has 1 aromatic carbocycles. The van der Waals surface area contributed by atoms with Crippen LogP contribution in [0.4, 0.5) is 5.69 Å². The molecule has 0 bridgehead atoms. The fourth-order valence-electron chi connectivity index (χ4n) is 3.61. The van der Waals surface area contributed by atoms with E-state index in [1.54, 1.807) is 11.8 Å². The molecule has 0 N–H and O–H groups in total. The van der Waals surface area contributed by atoms with Gasteiger partial charge in [0.25, 0.3) is 17.5 Å². The number of hydrogen-bond donors (Lipinski definition) is 0. The Bertz CT molecular complexity index is 1090. The number of carbonyl (C=O) groups is 2. The van der Waals surface area contributed by atoms with Crippen LogP contribution < -0.4 is 4.90 Å². The third-order valence-corrected chi connectivity index (χ3v) is 4.88. The number of ether oxygens (including phenoxy) is 1. The van der Waals surface area contributed by atoms with E-state index in [0.717, 1.165) is 29.1 Å². The summed E-state index contributed by atoms with van der Waals surface area (Å²) in [7, 11) is 0. The molecule has 4 rings (SSSR count). The first kappa shape index (κ1) is 18.1. The van der Waals surface area contributed by atoms with Crippen molar-refractivity contribution in [1.29, 1.82) is 0 Å². The van der Waals surface area contributed by atoms with E-state index in [0.29, 0.717) is 5.78 Å². The maximum Gasteiger partial charge on any atom is 0.379 e. The third kappa shape index (κ3) is 3.00. The zero-order valence-corrected chi connectivity index (χ0v) is 16.2. The lowest BCUT2D eigenvalue weighted by Gasteiger charge is -2.25.